The SMILES string of the molecule is O=C(O)CN(C(=O)OCC1c2ccccc2-c2ccccc21)c1ccc(F)c(C(F)(F)F)c1. The summed E-state index contributed by atoms with van der Waals surface area (Å²) in [6.07, 6.45) is -6.17. The highest BCUT2D eigenvalue weighted by Gasteiger charge is 2.36. The fourth-order valence-corrected chi connectivity index (χ4v) is 3.97. The van der Waals surface area contributed by atoms with Gasteiger partial charge in [0.1, 0.15) is 19.0 Å². The van der Waals surface area contributed by atoms with E-state index in [4.69, 9.17) is 4.74 Å². The van der Waals surface area contributed by atoms with Crippen LogP contribution < -0.4 is 4.90 Å². The number of carbonyl (C=O) groups is 2. The number of alkyl halides is 3. The molecular weight excluding hydrogens is 442 g/mol. The summed E-state index contributed by atoms with van der Waals surface area (Å²) in [7, 11) is 0. The summed E-state index contributed by atoms with van der Waals surface area (Å²) in [5.74, 6) is -3.33. The molecule has 1 aliphatic carbocycles. The summed E-state index contributed by atoms with van der Waals surface area (Å²) >= 11 is 0. The van der Waals surface area contributed by atoms with Crippen LogP contribution in [-0.4, -0.2) is 30.3 Å². The average molecular weight is 459 g/mol. The Labute approximate surface area is 185 Å². The van der Waals surface area contributed by atoms with Gasteiger partial charge in [-0.1, -0.05) is 48.5 Å². The van der Waals surface area contributed by atoms with Gasteiger partial charge in [-0.25, -0.2) is 9.18 Å². The molecule has 0 atom stereocenters. The van der Waals surface area contributed by atoms with Crippen molar-refractivity contribution in [3.05, 3.63) is 89.2 Å². The Balaban J connectivity index is 1.60. The standard InChI is InChI=1S/C24H17F4NO4/c25-21-10-9-14(11-20(21)24(26,27)28)29(12-22(30)31)23(32)33-13-19-17-7-3-1-5-15(17)16-6-2-4-8-18(16)19/h1-11,19H,12-13H2,(H,30,31). The van der Waals surface area contributed by atoms with Gasteiger partial charge in [0, 0.05) is 11.6 Å². The lowest BCUT2D eigenvalue weighted by Crippen LogP contribution is -2.37. The molecule has 0 bridgehead atoms. The second kappa shape index (κ2) is 8.57. The minimum atomic E-state index is -5.02. The molecule has 5 nitrogen and oxygen atoms in total. The Morgan fingerprint density at radius 1 is 0.939 bits per heavy atom. The first-order valence-electron chi connectivity index (χ1n) is 9.88. The van der Waals surface area contributed by atoms with Crippen molar-refractivity contribution < 1.29 is 37.0 Å². The quantitative estimate of drug-likeness (QED) is 0.498. The Bertz CT molecular complexity index is 1180. The van der Waals surface area contributed by atoms with Crippen molar-refractivity contribution in [3.63, 3.8) is 0 Å². The predicted octanol–water partition coefficient (Wildman–Crippen LogP) is 5.68. The van der Waals surface area contributed by atoms with Crippen molar-refractivity contribution in [3.8, 4) is 11.1 Å². The van der Waals surface area contributed by atoms with Gasteiger partial charge in [0.15, 0.2) is 0 Å². The number of rotatable bonds is 5. The summed E-state index contributed by atoms with van der Waals surface area (Å²) in [6, 6.07) is 16.9. The van der Waals surface area contributed by atoms with E-state index in [1.807, 2.05) is 48.5 Å². The number of amides is 1. The fourth-order valence-electron chi connectivity index (χ4n) is 3.97. The number of ether oxygens (including phenoxy) is 1. The predicted molar refractivity (Wildman–Crippen MR) is 111 cm³/mol. The third-order valence-corrected chi connectivity index (χ3v) is 5.42. The van der Waals surface area contributed by atoms with Crippen molar-refractivity contribution in [2.75, 3.05) is 18.1 Å². The zero-order chi connectivity index (χ0) is 23.8. The van der Waals surface area contributed by atoms with Gasteiger partial charge in [0.25, 0.3) is 0 Å². The molecule has 0 unspecified atom stereocenters. The van der Waals surface area contributed by atoms with E-state index in [2.05, 4.69) is 0 Å². The second-order valence-electron chi connectivity index (χ2n) is 7.45. The molecule has 1 aliphatic rings. The maximum atomic E-state index is 13.7. The molecule has 0 aromatic heterocycles. The van der Waals surface area contributed by atoms with Crippen molar-refractivity contribution in [1.82, 2.24) is 0 Å². The number of hydrogen-bond acceptors (Lipinski definition) is 3. The zero-order valence-corrected chi connectivity index (χ0v) is 17.0. The van der Waals surface area contributed by atoms with Crippen molar-refractivity contribution >= 4 is 17.7 Å². The number of fused-ring (bicyclic) bond motifs is 3. The van der Waals surface area contributed by atoms with E-state index in [1.54, 1.807) is 0 Å². The van der Waals surface area contributed by atoms with Gasteiger partial charge in [-0.05, 0) is 40.5 Å². The molecule has 3 aromatic carbocycles. The molecular formula is C24H17F4NO4. The highest BCUT2D eigenvalue weighted by molar-refractivity contribution is 5.93. The first-order chi connectivity index (χ1) is 15.7. The third-order valence-electron chi connectivity index (χ3n) is 5.42. The van der Waals surface area contributed by atoms with Crippen molar-refractivity contribution in [2.45, 2.75) is 12.1 Å². The average Bonchev–Trinajstić information content (AvgIpc) is 3.09. The minimum absolute atomic E-state index is 0.156. The monoisotopic (exact) mass is 459 g/mol. The highest BCUT2D eigenvalue weighted by Crippen LogP contribution is 2.44. The first-order valence-corrected chi connectivity index (χ1v) is 9.88. The van der Waals surface area contributed by atoms with Crippen LogP contribution in [0.2, 0.25) is 0 Å². The Morgan fingerprint density at radius 3 is 2.06 bits per heavy atom. The van der Waals surface area contributed by atoms with Gasteiger partial charge in [-0.2, -0.15) is 13.2 Å². The number of aliphatic carboxylic acids is 1. The zero-order valence-electron chi connectivity index (χ0n) is 17.0. The first kappa shape index (κ1) is 22.3. The van der Waals surface area contributed by atoms with Gasteiger partial charge in [-0.3, -0.25) is 9.69 Å². The van der Waals surface area contributed by atoms with Gasteiger partial charge in [0.2, 0.25) is 0 Å². The molecule has 0 radical (unpaired) electrons. The Morgan fingerprint density at radius 2 is 1.52 bits per heavy atom. The van der Waals surface area contributed by atoms with Crippen LogP contribution in [0.4, 0.5) is 28.0 Å². The van der Waals surface area contributed by atoms with Crippen molar-refractivity contribution in [1.29, 1.82) is 0 Å². The molecule has 0 fully saturated rings. The smallest absolute Gasteiger partial charge is 0.419 e. The number of carboxylic acid groups (broad SMARTS) is 1. The van der Waals surface area contributed by atoms with Crippen LogP contribution >= 0.6 is 0 Å². The molecule has 0 heterocycles. The molecule has 0 saturated heterocycles. The van der Waals surface area contributed by atoms with E-state index in [-0.39, 0.29) is 12.5 Å². The lowest BCUT2D eigenvalue weighted by Gasteiger charge is -2.23. The molecule has 170 valence electrons. The maximum absolute atomic E-state index is 13.7. The van der Waals surface area contributed by atoms with Crippen LogP contribution in [0.15, 0.2) is 66.7 Å². The number of carboxylic acids is 1. The molecule has 3 aromatic rings. The fraction of sp³-hybridized carbons (Fsp3) is 0.167. The molecule has 0 saturated carbocycles. The van der Waals surface area contributed by atoms with Gasteiger partial charge < -0.3 is 9.84 Å². The van der Waals surface area contributed by atoms with Crippen molar-refractivity contribution in [2.24, 2.45) is 0 Å². The van der Waals surface area contributed by atoms with Crippen LogP contribution in [0.3, 0.4) is 0 Å². The van der Waals surface area contributed by atoms with Crippen LogP contribution in [0.5, 0.6) is 0 Å². The third kappa shape index (κ3) is 4.39. The molecule has 1 amide bonds. The topological polar surface area (TPSA) is 66.8 Å². The number of hydrogen-bond donors (Lipinski definition) is 1. The summed E-state index contributed by atoms with van der Waals surface area (Å²) in [6.45, 7) is -1.12. The minimum Gasteiger partial charge on any atom is -0.480 e. The summed E-state index contributed by atoms with van der Waals surface area (Å²) in [5, 5.41) is 9.17. The van der Waals surface area contributed by atoms with E-state index in [0.717, 1.165) is 28.3 Å². The van der Waals surface area contributed by atoms with Crippen LogP contribution in [0, 0.1) is 5.82 Å². The molecule has 0 aliphatic heterocycles. The van der Waals surface area contributed by atoms with E-state index < -0.39 is 41.9 Å². The summed E-state index contributed by atoms with van der Waals surface area (Å²) in [4.78, 5) is 24.6. The number of anilines is 1. The number of carbonyl (C=O) groups excluding carboxylic acids is 1. The summed E-state index contributed by atoms with van der Waals surface area (Å²) < 4.78 is 58.3. The second-order valence-corrected chi connectivity index (χ2v) is 7.45. The Hall–Kier alpha value is -3.88. The molecule has 4 rings (SSSR count). The molecule has 9 heteroatoms. The molecule has 0 spiro atoms. The normalized spacial score (nSPS) is 12.7. The van der Waals surface area contributed by atoms with Gasteiger partial charge in [-0.15, -0.1) is 0 Å². The lowest BCUT2D eigenvalue weighted by atomic mass is 9.98. The molecule has 33 heavy (non-hydrogen) atoms. The van der Waals surface area contributed by atoms with E-state index in [1.165, 1.54) is 0 Å². The number of halogens is 4. The largest absolute Gasteiger partial charge is 0.480 e. The molecule has 1 N–H and O–H groups in total. The van der Waals surface area contributed by atoms with Crippen LogP contribution in [0.25, 0.3) is 11.1 Å². The van der Waals surface area contributed by atoms with E-state index in [0.29, 0.717) is 17.0 Å². The maximum Gasteiger partial charge on any atom is 0.419 e. The lowest BCUT2D eigenvalue weighted by molar-refractivity contribution is -0.140. The highest BCUT2D eigenvalue weighted by atomic mass is 19.4. The number of benzene rings is 3. The van der Waals surface area contributed by atoms with Gasteiger partial charge >= 0.3 is 18.2 Å². The van der Waals surface area contributed by atoms with E-state index >= 15 is 0 Å². The van der Waals surface area contributed by atoms with Gasteiger partial charge in [0.05, 0.1) is 5.56 Å². The summed E-state index contributed by atoms with van der Waals surface area (Å²) in [5.41, 5.74) is 1.73. The van der Waals surface area contributed by atoms with Crippen LogP contribution in [0.1, 0.15) is 22.6 Å². The number of nitrogens with zero attached hydrogens (tertiary/aromatic N) is 1. The Kier molecular flexibility index (Phi) is 5.80. The van der Waals surface area contributed by atoms with Crippen LogP contribution in [-0.2, 0) is 15.7 Å². The van der Waals surface area contributed by atoms with E-state index in [9.17, 15) is 32.3 Å².